The Morgan fingerprint density at radius 1 is 0.978 bits per heavy atom. The predicted octanol–water partition coefficient (Wildman–Crippen LogP) is 5.44. The van der Waals surface area contributed by atoms with Crippen LogP contribution in [-0.4, -0.2) is 75.4 Å². The molecule has 240 valence electrons. The van der Waals surface area contributed by atoms with Gasteiger partial charge in [0.2, 0.25) is 10.0 Å². The molecule has 12 heteroatoms. The van der Waals surface area contributed by atoms with E-state index in [-0.39, 0.29) is 22.8 Å². The summed E-state index contributed by atoms with van der Waals surface area (Å²) in [4.78, 5) is 23.0. The number of carbonyl (C=O) groups is 1. The number of aryl methyl sites for hydroxylation is 1. The van der Waals surface area contributed by atoms with Crippen LogP contribution in [0, 0.1) is 0 Å². The molecule has 5 rings (SSSR count). The number of ether oxygens (including phenoxy) is 2. The van der Waals surface area contributed by atoms with Crippen LogP contribution in [0.5, 0.6) is 17.2 Å². The quantitative estimate of drug-likeness (QED) is 0.263. The van der Waals surface area contributed by atoms with Crippen molar-refractivity contribution in [1.29, 1.82) is 0 Å². The molecule has 0 radical (unpaired) electrons. The van der Waals surface area contributed by atoms with Gasteiger partial charge in [0, 0.05) is 44.3 Å². The Bertz CT molecular complexity index is 1830. The van der Waals surface area contributed by atoms with Crippen molar-refractivity contribution >= 4 is 44.0 Å². The Hall–Kier alpha value is -4.29. The third kappa shape index (κ3) is 7.34. The normalized spacial score (nSPS) is 14.7. The van der Waals surface area contributed by atoms with E-state index in [1.165, 1.54) is 7.11 Å². The molecule has 4 aromatic rings. The smallest absolute Gasteiger partial charge is 0.272 e. The number of rotatable bonds is 8. The zero-order valence-corrected chi connectivity index (χ0v) is 27.8. The number of aromatic nitrogens is 2. The zero-order chi connectivity index (χ0) is 32.5. The monoisotopic (exact) mass is 634 g/mol. The van der Waals surface area contributed by atoms with Gasteiger partial charge in [-0.05, 0) is 61.3 Å². The summed E-state index contributed by atoms with van der Waals surface area (Å²) in [6, 6.07) is 14.8. The number of hydrogen-bond acceptors (Lipinski definition) is 8. The summed E-state index contributed by atoms with van der Waals surface area (Å²) in [7, 11) is 1.78. The van der Waals surface area contributed by atoms with Crippen molar-refractivity contribution in [2.45, 2.75) is 32.6 Å². The van der Waals surface area contributed by atoms with Crippen LogP contribution in [-0.2, 0) is 22.5 Å². The number of fused-ring (bicyclic) bond motifs is 1. The molecular formula is C33H42N6O5S. The molecule has 0 bridgehead atoms. The van der Waals surface area contributed by atoms with Crippen LogP contribution in [0.1, 0.15) is 43.2 Å². The number of methoxy groups -OCH3 is 1. The minimum Gasteiger partial charge on any atom is -0.492 e. The van der Waals surface area contributed by atoms with Crippen molar-refractivity contribution in [1.82, 2.24) is 14.5 Å². The second kappa shape index (κ2) is 12.6. The first-order valence-corrected chi connectivity index (χ1v) is 16.8. The van der Waals surface area contributed by atoms with Gasteiger partial charge in [0.25, 0.3) is 5.91 Å². The molecule has 0 unspecified atom stereocenters. The molecule has 1 aliphatic heterocycles. The largest absolute Gasteiger partial charge is 0.492 e. The van der Waals surface area contributed by atoms with E-state index in [0.29, 0.717) is 22.9 Å². The van der Waals surface area contributed by atoms with Gasteiger partial charge >= 0.3 is 0 Å². The Morgan fingerprint density at radius 3 is 2.44 bits per heavy atom. The third-order valence-corrected chi connectivity index (χ3v) is 8.53. The zero-order valence-electron chi connectivity index (χ0n) is 27.0. The molecular weight excluding hydrogens is 592 g/mol. The molecule has 3 heterocycles. The second-order valence-electron chi connectivity index (χ2n) is 12.6. The van der Waals surface area contributed by atoms with E-state index >= 15 is 0 Å². The number of pyridine rings is 1. The molecule has 1 fully saturated rings. The topological polar surface area (TPSA) is 118 Å². The fourth-order valence-electron chi connectivity index (χ4n) is 5.55. The van der Waals surface area contributed by atoms with Crippen molar-refractivity contribution in [3.05, 3.63) is 66.0 Å². The van der Waals surface area contributed by atoms with Crippen molar-refractivity contribution in [3.63, 3.8) is 0 Å². The van der Waals surface area contributed by atoms with Gasteiger partial charge < -0.3 is 29.2 Å². The number of nitrogens with one attached hydrogen (secondary N) is 2. The molecule has 1 saturated heterocycles. The van der Waals surface area contributed by atoms with E-state index in [4.69, 9.17) is 9.47 Å². The van der Waals surface area contributed by atoms with Gasteiger partial charge in [-0.2, -0.15) is 0 Å². The van der Waals surface area contributed by atoms with Crippen LogP contribution in [0.2, 0.25) is 0 Å². The SMILES string of the molecule is COc1c(NC(=O)c2cc3cccc(Oc4ccnc(N5CCCN(C)CC5)c4)c3n2C)cc(C(C)(C)C)cc1NS(C)(=O)=O. The van der Waals surface area contributed by atoms with Gasteiger partial charge in [0.1, 0.15) is 17.3 Å². The van der Waals surface area contributed by atoms with E-state index in [2.05, 4.69) is 31.9 Å². The summed E-state index contributed by atoms with van der Waals surface area (Å²) in [6.07, 6.45) is 3.90. The van der Waals surface area contributed by atoms with E-state index in [0.717, 1.165) is 61.1 Å². The van der Waals surface area contributed by atoms with Crippen LogP contribution in [0.25, 0.3) is 10.9 Å². The number of nitrogens with zero attached hydrogens (tertiary/aromatic N) is 4. The molecule has 2 N–H and O–H groups in total. The summed E-state index contributed by atoms with van der Waals surface area (Å²) in [5.74, 6) is 1.97. The van der Waals surface area contributed by atoms with E-state index in [9.17, 15) is 13.2 Å². The van der Waals surface area contributed by atoms with E-state index in [1.54, 1.807) is 22.9 Å². The molecule has 1 aliphatic rings. The molecule has 1 amide bonds. The lowest BCUT2D eigenvalue weighted by Gasteiger charge is -2.24. The highest BCUT2D eigenvalue weighted by Crippen LogP contribution is 2.40. The van der Waals surface area contributed by atoms with Crippen molar-refractivity contribution in [3.8, 4) is 17.2 Å². The lowest BCUT2D eigenvalue weighted by atomic mass is 9.86. The standard InChI is InChI=1S/C33H42N6O5S/c1-33(2,3)23-19-25(31(43-6)26(20-23)36-45(7,41)42)35-32(40)27-18-22-10-8-11-28(30(22)38(27)5)44-24-12-13-34-29(21-24)39-15-9-14-37(4)16-17-39/h8,10-13,18-21,36H,9,14-17H2,1-7H3,(H,35,40). The highest BCUT2D eigenvalue weighted by Gasteiger charge is 2.24. The minimum absolute atomic E-state index is 0.217. The number of sulfonamides is 1. The summed E-state index contributed by atoms with van der Waals surface area (Å²) in [5, 5.41) is 3.79. The van der Waals surface area contributed by atoms with Gasteiger partial charge in [0.15, 0.2) is 11.5 Å². The first kappa shape index (κ1) is 32.1. The Balaban J connectivity index is 1.46. The van der Waals surface area contributed by atoms with Crippen LogP contribution in [0.3, 0.4) is 0 Å². The van der Waals surface area contributed by atoms with Crippen LogP contribution in [0.15, 0.2) is 54.7 Å². The molecule has 2 aromatic carbocycles. The third-order valence-electron chi connectivity index (χ3n) is 7.94. The summed E-state index contributed by atoms with van der Waals surface area (Å²) in [6.45, 7) is 9.89. The first-order valence-electron chi connectivity index (χ1n) is 14.9. The van der Waals surface area contributed by atoms with Gasteiger partial charge in [-0.3, -0.25) is 9.52 Å². The van der Waals surface area contributed by atoms with E-state index < -0.39 is 10.0 Å². The average Bonchev–Trinajstić information content (AvgIpc) is 3.15. The first-order chi connectivity index (χ1) is 21.2. The minimum atomic E-state index is -3.61. The lowest BCUT2D eigenvalue weighted by Crippen LogP contribution is -2.29. The van der Waals surface area contributed by atoms with Crippen LogP contribution < -0.4 is 24.4 Å². The predicted molar refractivity (Wildman–Crippen MR) is 180 cm³/mol. The number of benzene rings is 2. The van der Waals surface area contributed by atoms with Crippen molar-refractivity contribution in [2.24, 2.45) is 7.05 Å². The molecule has 0 saturated carbocycles. The lowest BCUT2D eigenvalue weighted by molar-refractivity contribution is 0.101. The Labute approximate surface area is 265 Å². The molecule has 0 aliphatic carbocycles. The highest BCUT2D eigenvalue weighted by atomic mass is 32.2. The van der Waals surface area contributed by atoms with Crippen LogP contribution in [0.4, 0.5) is 17.2 Å². The summed E-state index contributed by atoms with van der Waals surface area (Å²) in [5.41, 5.74) is 2.24. The maximum absolute atomic E-state index is 13.8. The van der Waals surface area contributed by atoms with Crippen molar-refractivity contribution < 1.29 is 22.7 Å². The number of carbonyl (C=O) groups excluding carboxylic acids is 1. The number of anilines is 3. The maximum Gasteiger partial charge on any atom is 0.272 e. The fourth-order valence-corrected chi connectivity index (χ4v) is 6.11. The van der Waals surface area contributed by atoms with Gasteiger partial charge in [-0.1, -0.05) is 32.9 Å². The highest BCUT2D eigenvalue weighted by molar-refractivity contribution is 7.92. The second-order valence-corrected chi connectivity index (χ2v) is 14.3. The number of amides is 1. The number of para-hydroxylation sites is 1. The number of hydrogen-bond donors (Lipinski definition) is 2. The molecule has 2 aromatic heterocycles. The van der Waals surface area contributed by atoms with Crippen LogP contribution >= 0.6 is 0 Å². The average molecular weight is 635 g/mol. The summed E-state index contributed by atoms with van der Waals surface area (Å²) < 4.78 is 40.6. The Kier molecular flexibility index (Phi) is 8.99. The van der Waals surface area contributed by atoms with Crippen molar-refractivity contribution in [2.75, 3.05) is 61.5 Å². The Morgan fingerprint density at radius 2 is 1.73 bits per heavy atom. The molecule has 0 spiro atoms. The number of likely N-dealkylation sites (N-methyl/N-ethyl adjacent to an activating group) is 1. The molecule has 45 heavy (non-hydrogen) atoms. The van der Waals surface area contributed by atoms with Gasteiger partial charge in [-0.25, -0.2) is 13.4 Å². The maximum atomic E-state index is 13.8. The molecule has 11 nitrogen and oxygen atoms in total. The molecule has 0 atom stereocenters. The fraction of sp³-hybridized carbons (Fsp3) is 0.394. The van der Waals surface area contributed by atoms with E-state index in [1.807, 2.05) is 64.2 Å². The summed E-state index contributed by atoms with van der Waals surface area (Å²) >= 11 is 0. The van der Waals surface area contributed by atoms with Gasteiger partial charge in [0.05, 0.1) is 30.3 Å². The van der Waals surface area contributed by atoms with Gasteiger partial charge in [-0.15, -0.1) is 0 Å².